The second-order valence-electron chi connectivity index (χ2n) is 14.6. The average molecular weight is 713 g/mol. The molecule has 0 radical (unpaired) electrons. The molecule has 7 aromatic carbocycles. The van der Waals surface area contributed by atoms with Gasteiger partial charge in [0.25, 0.3) is 0 Å². The average Bonchev–Trinajstić information content (AvgIpc) is 3.79. The third-order valence-electron chi connectivity index (χ3n) is 11.7. The van der Waals surface area contributed by atoms with Gasteiger partial charge in [-0.05, 0) is 104 Å². The Labute approximate surface area is 323 Å². The van der Waals surface area contributed by atoms with E-state index < -0.39 is 0 Å². The number of nitrogens with zero attached hydrogens (tertiary/aromatic N) is 4. The molecule has 0 saturated carbocycles. The van der Waals surface area contributed by atoms with Gasteiger partial charge in [-0.3, -0.25) is 9.97 Å². The summed E-state index contributed by atoms with van der Waals surface area (Å²) in [6, 6.07) is 62.2. The molecule has 0 fully saturated rings. The molecule has 1 aliphatic carbocycles. The van der Waals surface area contributed by atoms with Gasteiger partial charge in [-0.15, -0.1) is 0 Å². The Bertz CT molecular complexity index is 3140. The van der Waals surface area contributed by atoms with Crippen LogP contribution in [0.5, 0.6) is 0 Å². The van der Waals surface area contributed by atoms with Crippen LogP contribution >= 0.6 is 0 Å². The first-order valence-corrected chi connectivity index (χ1v) is 19.1. The van der Waals surface area contributed by atoms with E-state index in [0.29, 0.717) is 0 Å². The van der Waals surface area contributed by atoms with Gasteiger partial charge in [0, 0.05) is 57.7 Å². The van der Waals surface area contributed by atoms with Gasteiger partial charge in [-0.1, -0.05) is 121 Å². The monoisotopic (exact) mass is 712 g/mol. The SMILES string of the molecule is c1ccc2c(c1)-c1ccccc1-c1ccc(-c3cc(-n4c5ccccc5c5cnccc54)cc(-n4c5ccccc5c5cnccc54)c3)cc1-c1ccccc1-2. The number of aromatic nitrogens is 4. The molecule has 0 atom stereocenters. The predicted octanol–water partition coefficient (Wildman–Crippen LogP) is 13.3. The molecular formula is C52H32N4. The van der Waals surface area contributed by atoms with Crippen molar-refractivity contribution in [3.8, 4) is 67.0 Å². The molecule has 0 spiro atoms. The zero-order valence-electron chi connectivity index (χ0n) is 30.3. The van der Waals surface area contributed by atoms with Gasteiger partial charge in [0.15, 0.2) is 0 Å². The zero-order valence-corrected chi connectivity index (χ0v) is 30.3. The highest BCUT2D eigenvalue weighted by molar-refractivity contribution is 6.11. The quantitative estimate of drug-likeness (QED) is 0.183. The molecule has 0 amide bonds. The molecule has 4 aromatic heterocycles. The summed E-state index contributed by atoms with van der Waals surface area (Å²) >= 11 is 0. The molecule has 0 saturated heterocycles. The highest BCUT2D eigenvalue weighted by Gasteiger charge is 2.23. The van der Waals surface area contributed by atoms with Crippen LogP contribution in [-0.2, 0) is 0 Å². The number of para-hydroxylation sites is 2. The van der Waals surface area contributed by atoms with Gasteiger partial charge in [0.05, 0.1) is 22.1 Å². The largest absolute Gasteiger partial charge is 0.309 e. The topological polar surface area (TPSA) is 35.6 Å². The molecule has 1 aliphatic rings. The summed E-state index contributed by atoms with van der Waals surface area (Å²) in [5.41, 5.74) is 18.9. The van der Waals surface area contributed by atoms with Crippen molar-refractivity contribution in [1.82, 2.24) is 19.1 Å². The maximum absolute atomic E-state index is 4.54. The Balaban J connectivity index is 1.17. The molecule has 12 rings (SSSR count). The third-order valence-corrected chi connectivity index (χ3v) is 11.7. The van der Waals surface area contributed by atoms with E-state index in [1.165, 1.54) is 55.3 Å². The fourth-order valence-electron chi connectivity index (χ4n) is 9.25. The highest BCUT2D eigenvalue weighted by Crippen LogP contribution is 2.49. The van der Waals surface area contributed by atoms with Gasteiger partial charge in [-0.25, -0.2) is 0 Å². The number of hydrogen-bond donors (Lipinski definition) is 0. The summed E-state index contributed by atoms with van der Waals surface area (Å²) in [6.07, 6.45) is 7.76. The van der Waals surface area contributed by atoms with Gasteiger partial charge < -0.3 is 9.13 Å². The number of pyridine rings is 2. The van der Waals surface area contributed by atoms with E-state index in [1.54, 1.807) is 0 Å². The Morgan fingerprint density at radius 3 is 1.16 bits per heavy atom. The Kier molecular flexibility index (Phi) is 6.60. The molecule has 56 heavy (non-hydrogen) atoms. The standard InChI is InChI=1S/C52H32N4/c1-2-12-38-37(11-1)39-13-3-4-15-41(39)43-22-21-33(29-46(43)42-16-6-5-14-40(38)42)34-27-35(55-49-19-9-7-17-44(49)47-31-53-25-23-51(47)55)30-36(28-34)56-50-20-10-8-18-45(50)48-32-54-26-24-52(48)56/h1-32H. The molecule has 4 nitrogen and oxygen atoms in total. The van der Waals surface area contributed by atoms with Crippen LogP contribution in [0.4, 0.5) is 0 Å². The van der Waals surface area contributed by atoms with E-state index in [4.69, 9.17) is 0 Å². The smallest absolute Gasteiger partial charge is 0.0571 e. The van der Waals surface area contributed by atoms with Crippen molar-refractivity contribution in [2.75, 3.05) is 0 Å². The second kappa shape index (κ2) is 12.0. The van der Waals surface area contributed by atoms with Crippen LogP contribution in [-0.4, -0.2) is 19.1 Å². The number of fused-ring (bicyclic) bond motifs is 14. The van der Waals surface area contributed by atoms with Gasteiger partial charge in [0.2, 0.25) is 0 Å². The van der Waals surface area contributed by atoms with Crippen molar-refractivity contribution in [1.29, 1.82) is 0 Å². The highest BCUT2D eigenvalue weighted by atomic mass is 15.0. The van der Waals surface area contributed by atoms with Crippen molar-refractivity contribution >= 4 is 43.6 Å². The maximum atomic E-state index is 4.54. The van der Waals surface area contributed by atoms with Gasteiger partial charge in [-0.2, -0.15) is 0 Å². The van der Waals surface area contributed by atoms with E-state index in [0.717, 1.165) is 55.3 Å². The van der Waals surface area contributed by atoms with E-state index in [1.807, 2.05) is 24.8 Å². The van der Waals surface area contributed by atoms with Gasteiger partial charge in [0.1, 0.15) is 0 Å². The number of rotatable bonds is 3. The first kappa shape index (κ1) is 30.9. The fourth-order valence-corrected chi connectivity index (χ4v) is 9.25. The maximum Gasteiger partial charge on any atom is 0.0571 e. The predicted molar refractivity (Wildman–Crippen MR) is 231 cm³/mol. The number of benzene rings is 7. The van der Waals surface area contributed by atoms with Crippen LogP contribution in [0.2, 0.25) is 0 Å². The van der Waals surface area contributed by atoms with Crippen LogP contribution in [0.3, 0.4) is 0 Å². The summed E-state index contributed by atoms with van der Waals surface area (Å²) in [6.45, 7) is 0. The van der Waals surface area contributed by atoms with Gasteiger partial charge >= 0.3 is 0 Å². The minimum Gasteiger partial charge on any atom is -0.309 e. The minimum absolute atomic E-state index is 1.08. The first-order valence-electron chi connectivity index (χ1n) is 19.1. The molecule has 0 bridgehead atoms. The Morgan fingerprint density at radius 1 is 0.286 bits per heavy atom. The number of hydrogen-bond acceptors (Lipinski definition) is 2. The van der Waals surface area contributed by atoms with Crippen molar-refractivity contribution in [3.63, 3.8) is 0 Å². The zero-order chi connectivity index (χ0) is 36.7. The van der Waals surface area contributed by atoms with Crippen molar-refractivity contribution < 1.29 is 0 Å². The van der Waals surface area contributed by atoms with Crippen molar-refractivity contribution in [2.45, 2.75) is 0 Å². The summed E-state index contributed by atoms with van der Waals surface area (Å²) in [4.78, 5) is 9.08. The summed E-state index contributed by atoms with van der Waals surface area (Å²) in [7, 11) is 0. The molecule has 0 aliphatic heterocycles. The van der Waals surface area contributed by atoms with Crippen molar-refractivity contribution in [3.05, 3.63) is 195 Å². The molecule has 4 heteroatoms. The lowest BCUT2D eigenvalue weighted by Gasteiger charge is -2.24. The lowest BCUT2D eigenvalue weighted by Crippen LogP contribution is -2.01. The summed E-state index contributed by atoms with van der Waals surface area (Å²) < 4.78 is 4.79. The van der Waals surface area contributed by atoms with Crippen LogP contribution in [0.15, 0.2) is 195 Å². The molecule has 0 unspecified atom stereocenters. The normalized spacial score (nSPS) is 11.9. The molecule has 260 valence electrons. The van der Waals surface area contributed by atoms with Crippen molar-refractivity contribution in [2.24, 2.45) is 0 Å². The lowest BCUT2D eigenvalue weighted by molar-refractivity contribution is 1.13. The van der Waals surface area contributed by atoms with E-state index in [9.17, 15) is 0 Å². The lowest BCUT2D eigenvalue weighted by atomic mass is 9.80. The van der Waals surface area contributed by atoms with E-state index in [-0.39, 0.29) is 0 Å². The van der Waals surface area contributed by atoms with E-state index in [2.05, 4.69) is 189 Å². The second-order valence-corrected chi connectivity index (χ2v) is 14.6. The third kappa shape index (κ3) is 4.47. The van der Waals surface area contributed by atoms with Crippen LogP contribution in [0.1, 0.15) is 0 Å². The van der Waals surface area contributed by atoms with E-state index >= 15 is 0 Å². The Hall–Kier alpha value is -7.56. The molecule has 11 aromatic rings. The fraction of sp³-hybridized carbons (Fsp3) is 0. The summed E-state index contributed by atoms with van der Waals surface area (Å²) in [5.74, 6) is 0. The van der Waals surface area contributed by atoms with Crippen LogP contribution < -0.4 is 0 Å². The summed E-state index contributed by atoms with van der Waals surface area (Å²) in [5, 5.41) is 4.63. The molecular weight excluding hydrogens is 681 g/mol. The van der Waals surface area contributed by atoms with Crippen LogP contribution in [0.25, 0.3) is 111 Å². The molecule has 0 N–H and O–H groups in total. The minimum atomic E-state index is 1.08. The van der Waals surface area contributed by atoms with Crippen LogP contribution in [0, 0.1) is 0 Å². The molecule has 4 heterocycles. The first-order chi connectivity index (χ1) is 27.8. The Morgan fingerprint density at radius 2 is 0.679 bits per heavy atom.